The Hall–Kier alpha value is -3.27. The summed E-state index contributed by atoms with van der Waals surface area (Å²) in [5.41, 5.74) is 1.42. The Morgan fingerprint density at radius 1 is 1.06 bits per heavy atom. The molecule has 1 aromatic heterocycles. The van der Waals surface area contributed by atoms with Crippen LogP contribution in [0.1, 0.15) is 47.8 Å². The molecule has 2 aromatic rings. The Morgan fingerprint density at radius 2 is 1.76 bits per heavy atom. The highest BCUT2D eigenvalue weighted by Crippen LogP contribution is 2.32. The molecule has 1 atom stereocenters. The van der Waals surface area contributed by atoms with Gasteiger partial charge in [-0.2, -0.15) is 13.2 Å². The Morgan fingerprint density at radius 3 is 2.44 bits per heavy atom. The Balaban J connectivity index is 1.41. The third kappa shape index (κ3) is 5.44. The number of nitrogens with zero attached hydrogens (tertiary/aromatic N) is 3. The summed E-state index contributed by atoms with van der Waals surface area (Å²) < 4.78 is 43.2. The summed E-state index contributed by atoms with van der Waals surface area (Å²) in [7, 11) is 0. The molecule has 0 N–H and O–H groups in total. The minimum absolute atomic E-state index is 0.0183. The number of aromatic nitrogens is 1. The molecule has 0 bridgehead atoms. The first-order valence-electron chi connectivity index (χ1n) is 11.0. The monoisotopic (exact) mass is 475 g/mol. The molecule has 180 valence electrons. The molecule has 0 spiro atoms. The summed E-state index contributed by atoms with van der Waals surface area (Å²) in [5.74, 6) is -1.05. The van der Waals surface area contributed by atoms with Crippen molar-refractivity contribution in [2.75, 3.05) is 26.3 Å². The summed E-state index contributed by atoms with van der Waals surface area (Å²) in [6, 6.07) is 10.2. The van der Waals surface area contributed by atoms with Crippen LogP contribution in [0.2, 0.25) is 0 Å². The molecule has 2 aliphatic rings. The highest BCUT2D eigenvalue weighted by molar-refractivity contribution is 5.98. The van der Waals surface area contributed by atoms with Crippen LogP contribution in [-0.4, -0.2) is 58.8 Å². The largest absolute Gasteiger partial charge is 0.416 e. The predicted molar refractivity (Wildman–Crippen MR) is 114 cm³/mol. The Kier molecular flexibility index (Phi) is 6.97. The number of likely N-dealkylation sites (tertiary alicyclic amines) is 1. The van der Waals surface area contributed by atoms with Gasteiger partial charge in [0.15, 0.2) is 0 Å². The second-order valence-corrected chi connectivity index (χ2v) is 8.35. The molecule has 2 aliphatic heterocycles. The molecule has 2 fully saturated rings. The van der Waals surface area contributed by atoms with E-state index in [1.54, 1.807) is 11.0 Å². The van der Waals surface area contributed by atoms with Crippen LogP contribution in [0.5, 0.6) is 0 Å². The van der Waals surface area contributed by atoms with Crippen molar-refractivity contribution in [3.05, 3.63) is 65.0 Å². The molecule has 34 heavy (non-hydrogen) atoms. The highest BCUT2D eigenvalue weighted by Gasteiger charge is 2.33. The predicted octanol–water partition coefficient (Wildman–Crippen LogP) is 3.13. The van der Waals surface area contributed by atoms with Crippen molar-refractivity contribution in [2.24, 2.45) is 0 Å². The van der Waals surface area contributed by atoms with Crippen molar-refractivity contribution >= 4 is 17.7 Å². The maximum atomic E-state index is 12.9. The number of morpholine rings is 1. The topological polar surface area (TPSA) is 79.8 Å². The summed E-state index contributed by atoms with van der Waals surface area (Å²) in [6.07, 6.45) is -2.45. The number of carbonyl (C=O) groups excluding carboxylic acids is 3. The van der Waals surface area contributed by atoms with E-state index in [0.717, 1.165) is 29.9 Å². The van der Waals surface area contributed by atoms with E-state index in [0.29, 0.717) is 29.9 Å². The number of halogens is 3. The zero-order chi connectivity index (χ0) is 24.3. The van der Waals surface area contributed by atoms with Crippen molar-refractivity contribution in [3.63, 3.8) is 0 Å². The van der Waals surface area contributed by atoms with Gasteiger partial charge in [0.05, 0.1) is 17.3 Å². The van der Waals surface area contributed by atoms with Crippen molar-refractivity contribution in [1.29, 1.82) is 0 Å². The minimum Gasteiger partial charge on any atom is -0.362 e. The van der Waals surface area contributed by atoms with Crippen LogP contribution in [0, 0.1) is 0 Å². The number of benzene rings is 1. The van der Waals surface area contributed by atoms with Gasteiger partial charge in [0.2, 0.25) is 5.91 Å². The van der Waals surface area contributed by atoms with E-state index in [1.807, 2.05) is 12.1 Å². The van der Waals surface area contributed by atoms with E-state index >= 15 is 0 Å². The van der Waals surface area contributed by atoms with Crippen LogP contribution in [0.4, 0.5) is 13.2 Å². The summed E-state index contributed by atoms with van der Waals surface area (Å²) in [5, 5.41) is 0. The molecule has 1 unspecified atom stereocenters. The average Bonchev–Trinajstić information content (AvgIpc) is 3.29. The Labute approximate surface area is 194 Å². The van der Waals surface area contributed by atoms with Gasteiger partial charge in [-0.25, -0.2) is 0 Å². The quantitative estimate of drug-likeness (QED) is 0.600. The zero-order valence-electron chi connectivity index (χ0n) is 18.4. The lowest BCUT2D eigenvalue weighted by molar-refractivity contribution is -0.158. The van der Waals surface area contributed by atoms with Gasteiger partial charge in [-0.3, -0.25) is 24.3 Å². The van der Waals surface area contributed by atoms with Crippen molar-refractivity contribution in [3.8, 4) is 0 Å². The number of hydrogen-bond donors (Lipinski definition) is 0. The van der Waals surface area contributed by atoms with E-state index in [4.69, 9.17) is 4.74 Å². The molecule has 0 saturated carbocycles. The molecule has 0 radical (unpaired) electrons. The average molecular weight is 475 g/mol. The van der Waals surface area contributed by atoms with Gasteiger partial charge in [0.25, 0.3) is 11.8 Å². The van der Waals surface area contributed by atoms with Gasteiger partial charge in [-0.15, -0.1) is 0 Å². The van der Waals surface area contributed by atoms with E-state index in [2.05, 4.69) is 4.98 Å². The van der Waals surface area contributed by atoms with Gasteiger partial charge in [-0.1, -0.05) is 18.2 Å². The number of amides is 3. The zero-order valence-corrected chi connectivity index (χ0v) is 18.4. The molecule has 1 aromatic carbocycles. The lowest BCUT2D eigenvalue weighted by Gasteiger charge is -2.28. The van der Waals surface area contributed by atoms with Gasteiger partial charge in [0, 0.05) is 31.6 Å². The SMILES string of the molecule is O=C1COCC(=O)N1CCC(=O)N1CCCC1c1cccc(Cc2ccc(C(F)(F)F)cc2)n1. The maximum Gasteiger partial charge on any atom is 0.416 e. The van der Waals surface area contributed by atoms with Crippen LogP contribution < -0.4 is 0 Å². The van der Waals surface area contributed by atoms with Gasteiger partial charge in [0.1, 0.15) is 13.2 Å². The summed E-state index contributed by atoms with van der Waals surface area (Å²) in [6.45, 7) is 0.244. The number of alkyl halides is 3. The molecule has 2 saturated heterocycles. The Bertz CT molecular complexity index is 1060. The normalized spacial score (nSPS) is 19.1. The first-order chi connectivity index (χ1) is 16.2. The number of hydrogen-bond acceptors (Lipinski definition) is 5. The van der Waals surface area contributed by atoms with Crippen LogP contribution in [0.25, 0.3) is 0 Å². The first-order valence-corrected chi connectivity index (χ1v) is 11.0. The van der Waals surface area contributed by atoms with Crippen LogP contribution in [-0.2, 0) is 31.7 Å². The molecule has 0 aliphatic carbocycles. The number of imide groups is 1. The molecule has 3 amide bonds. The number of rotatable bonds is 6. The van der Waals surface area contributed by atoms with Crippen LogP contribution in [0.15, 0.2) is 42.5 Å². The van der Waals surface area contributed by atoms with Gasteiger partial charge >= 0.3 is 6.18 Å². The standard InChI is InChI=1S/C24H24F3N3O4/c25-24(26,27)17-8-6-16(7-9-17)13-18-3-1-4-19(28-18)20-5-2-11-29(20)21(31)10-12-30-22(32)14-34-15-23(30)33/h1,3-4,6-9,20H,2,5,10-15H2. The van der Waals surface area contributed by atoms with E-state index in [1.165, 1.54) is 12.1 Å². The van der Waals surface area contributed by atoms with Crippen molar-refractivity contribution in [2.45, 2.75) is 37.9 Å². The number of ether oxygens (including phenoxy) is 1. The van der Waals surface area contributed by atoms with Gasteiger partial charge < -0.3 is 9.64 Å². The van der Waals surface area contributed by atoms with Gasteiger partial charge in [-0.05, 0) is 42.7 Å². The van der Waals surface area contributed by atoms with E-state index < -0.39 is 23.6 Å². The molecule has 4 rings (SSSR count). The van der Waals surface area contributed by atoms with E-state index in [9.17, 15) is 27.6 Å². The van der Waals surface area contributed by atoms with Crippen LogP contribution >= 0.6 is 0 Å². The third-order valence-electron chi connectivity index (χ3n) is 6.01. The summed E-state index contributed by atoms with van der Waals surface area (Å²) >= 11 is 0. The molecule has 10 heteroatoms. The smallest absolute Gasteiger partial charge is 0.362 e. The highest BCUT2D eigenvalue weighted by atomic mass is 19.4. The fourth-order valence-corrected chi connectivity index (χ4v) is 4.30. The second kappa shape index (κ2) is 9.92. The molecule has 3 heterocycles. The lowest BCUT2D eigenvalue weighted by atomic mass is 10.1. The van der Waals surface area contributed by atoms with Crippen LogP contribution in [0.3, 0.4) is 0 Å². The second-order valence-electron chi connectivity index (χ2n) is 8.35. The number of pyridine rings is 1. The minimum atomic E-state index is -4.38. The third-order valence-corrected chi connectivity index (χ3v) is 6.01. The fourth-order valence-electron chi connectivity index (χ4n) is 4.30. The first kappa shape index (κ1) is 23.9. The lowest BCUT2D eigenvalue weighted by Crippen LogP contribution is -2.47. The van der Waals surface area contributed by atoms with Crippen molar-refractivity contribution < 1.29 is 32.3 Å². The number of carbonyl (C=O) groups is 3. The molecular weight excluding hydrogens is 451 g/mol. The maximum absolute atomic E-state index is 12.9. The van der Waals surface area contributed by atoms with Crippen molar-refractivity contribution in [1.82, 2.24) is 14.8 Å². The summed E-state index contributed by atoms with van der Waals surface area (Å²) in [4.78, 5) is 44.1. The fraction of sp³-hybridized carbons (Fsp3) is 0.417. The molecular formula is C24H24F3N3O4. The molecule has 7 nitrogen and oxygen atoms in total. The van der Waals surface area contributed by atoms with E-state index in [-0.39, 0.29) is 38.1 Å².